The van der Waals surface area contributed by atoms with Gasteiger partial charge in [-0.3, -0.25) is 0 Å². The molecule has 1 aromatic carbocycles. The van der Waals surface area contributed by atoms with Crippen LogP contribution in [0, 0.1) is 0 Å². The molecule has 3 rings (SSSR count). The van der Waals surface area contributed by atoms with Crippen molar-refractivity contribution < 1.29 is 5.11 Å². The molecule has 0 unspecified atom stereocenters. The molecule has 0 fully saturated rings. The third-order valence-electron chi connectivity index (χ3n) is 2.71. The largest absolute Gasteiger partial charge is 0.508 e. The van der Waals surface area contributed by atoms with Crippen molar-refractivity contribution in [1.29, 1.82) is 0 Å². The lowest BCUT2D eigenvalue weighted by molar-refractivity contribution is 0.475. The third kappa shape index (κ3) is 2.06. The number of phenols is 1. The van der Waals surface area contributed by atoms with E-state index in [9.17, 15) is 5.11 Å². The van der Waals surface area contributed by atoms with E-state index in [1.54, 1.807) is 22.7 Å². The van der Waals surface area contributed by atoms with E-state index in [0.717, 1.165) is 10.8 Å². The molecule has 2 heterocycles. The minimum atomic E-state index is 0.162. The maximum Gasteiger partial charge on any atom is 0.234 e. The smallest absolute Gasteiger partial charge is 0.234 e. The van der Waals surface area contributed by atoms with Crippen molar-refractivity contribution in [2.24, 2.45) is 0 Å². The van der Waals surface area contributed by atoms with E-state index in [-0.39, 0.29) is 11.7 Å². The molecule has 7 heteroatoms. The lowest BCUT2D eigenvalue weighted by atomic mass is 10.2. The Labute approximate surface area is 118 Å². The van der Waals surface area contributed by atoms with Gasteiger partial charge in [0.25, 0.3) is 0 Å². The maximum atomic E-state index is 9.55. The van der Waals surface area contributed by atoms with Crippen LogP contribution in [0.3, 0.4) is 0 Å². The first-order chi connectivity index (χ1) is 9.06. The van der Waals surface area contributed by atoms with Crippen molar-refractivity contribution in [2.75, 3.05) is 0 Å². The monoisotopic (exact) mass is 294 g/mol. The highest BCUT2D eigenvalue weighted by Crippen LogP contribution is 2.34. The summed E-state index contributed by atoms with van der Waals surface area (Å²) in [6.07, 6.45) is 0. The van der Waals surface area contributed by atoms with E-state index in [2.05, 4.69) is 15.3 Å². The van der Waals surface area contributed by atoms with E-state index in [0.29, 0.717) is 15.6 Å². The zero-order valence-corrected chi connectivity index (χ0v) is 11.9. The number of benzene rings is 1. The van der Waals surface area contributed by atoms with E-state index < -0.39 is 0 Å². The Hall–Kier alpha value is -1.66. The van der Waals surface area contributed by atoms with Crippen LogP contribution < -0.4 is 0 Å². The summed E-state index contributed by atoms with van der Waals surface area (Å²) in [7, 11) is 0. The Balaban J connectivity index is 2.18. The van der Waals surface area contributed by atoms with Crippen LogP contribution in [0.4, 0.5) is 0 Å². The van der Waals surface area contributed by atoms with E-state index in [1.165, 1.54) is 11.3 Å². The second-order valence-electron chi connectivity index (χ2n) is 4.48. The molecule has 0 bridgehead atoms. The number of hydrogen-bond donors (Lipinski definition) is 1. The average Bonchev–Trinajstić information content (AvgIpc) is 2.91. The van der Waals surface area contributed by atoms with Gasteiger partial charge in [-0.2, -0.15) is 9.61 Å². The molecule has 0 amide bonds. The van der Waals surface area contributed by atoms with Crippen LogP contribution in [0.5, 0.6) is 5.75 Å². The van der Waals surface area contributed by atoms with Crippen molar-refractivity contribution in [3.63, 3.8) is 0 Å². The van der Waals surface area contributed by atoms with Gasteiger partial charge in [-0.1, -0.05) is 36.8 Å². The summed E-state index contributed by atoms with van der Waals surface area (Å²) in [6, 6.07) is 4.80. The molecule has 98 valence electrons. The highest BCUT2D eigenvalue weighted by atomic mass is 35.5. The maximum absolute atomic E-state index is 9.55. The van der Waals surface area contributed by atoms with Gasteiger partial charge >= 0.3 is 0 Å². The van der Waals surface area contributed by atoms with Gasteiger partial charge in [0.1, 0.15) is 10.8 Å². The number of fused-ring (bicyclic) bond motifs is 1. The Morgan fingerprint density at radius 2 is 2.11 bits per heavy atom. The number of aromatic nitrogens is 4. The first kappa shape index (κ1) is 12.4. The topological polar surface area (TPSA) is 63.3 Å². The molecule has 0 radical (unpaired) electrons. The summed E-state index contributed by atoms with van der Waals surface area (Å²) >= 11 is 7.53. The minimum absolute atomic E-state index is 0.162. The minimum Gasteiger partial charge on any atom is -0.508 e. The fourth-order valence-electron chi connectivity index (χ4n) is 1.78. The predicted octanol–water partition coefficient (Wildman–Crippen LogP) is 3.34. The molecule has 5 nitrogen and oxygen atoms in total. The molecule has 0 aliphatic rings. The van der Waals surface area contributed by atoms with Crippen LogP contribution in [-0.4, -0.2) is 24.9 Å². The van der Waals surface area contributed by atoms with Crippen LogP contribution in [0.15, 0.2) is 18.2 Å². The Morgan fingerprint density at radius 1 is 1.32 bits per heavy atom. The molecule has 0 saturated heterocycles. The zero-order chi connectivity index (χ0) is 13.6. The van der Waals surface area contributed by atoms with Crippen LogP contribution in [0.1, 0.15) is 25.6 Å². The Morgan fingerprint density at radius 3 is 2.84 bits per heavy atom. The van der Waals surface area contributed by atoms with E-state index in [4.69, 9.17) is 11.6 Å². The number of aromatic hydroxyl groups is 1. The number of halogens is 1. The van der Waals surface area contributed by atoms with Gasteiger partial charge in [-0.05, 0) is 18.2 Å². The predicted molar refractivity (Wildman–Crippen MR) is 74.9 cm³/mol. The lowest BCUT2D eigenvalue weighted by Gasteiger charge is -2.01. The summed E-state index contributed by atoms with van der Waals surface area (Å²) in [5.41, 5.74) is 0.701. The van der Waals surface area contributed by atoms with Gasteiger partial charge in [0.15, 0.2) is 5.82 Å². The molecule has 0 atom stereocenters. The first-order valence-electron chi connectivity index (χ1n) is 5.77. The standard InChI is InChI=1S/C12H11ClN4OS/c1-6(2)10-14-15-12-17(10)16-11(19-12)8-5-7(18)3-4-9(8)13/h3-6,18H,1-2H3. The molecule has 3 aromatic rings. The molecule has 0 spiro atoms. The molecule has 19 heavy (non-hydrogen) atoms. The molecule has 1 N–H and O–H groups in total. The van der Waals surface area contributed by atoms with Crippen LogP contribution in [0.2, 0.25) is 5.02 Å². The number of nitrogens with zero attached hydrogens (tertiary/aromatic N) is 4. The van der Waals surface area contributed by atoms with Crippen molar-refractivity contribution in [1.82, 2.24) is 19.8 Å². The van der Waals surface area contributed by atoms with Gasteiger partial charge in [-0.15, -0.1) is 10.2 Å². The summed E-state index contributed by atoms with van der Waals surface area (Å²) in [5, 5.41) is 23.5. The van der Waals surface area contributed by atoms with Crippen LogP contribution in [-0.2, 0) is 0 Å². The summed E-state index contributed by atoms with van der Waals surface area (Å²) in [4.78, 5) is 0.720. The zero-order valence-electron chi connectivity index (χ0n) is 10.3. The Kier molecular flexibility index (Phi) is 2.91. The van der Waals surface area contributed by atoms with E-state index >= 15 is 0 Å². The fraction of sp³-hybridized carbons (Fsp3) is 0.250. The normalized spacial score (nSPS) is 11.6. The molecule has 0 saturated carbocycles. The van der Waals surface area contributed by atoms with Crippen molar-refractivity contribution in [2.45, 2.75) is 19.8 Å². The fourth-order valence-corrected chi connectivity index (χ4v) is 2.92. The SMILES string of the molecule is CC(C)c1nnc2sc(-c3cc(O)ccc3Cl)nn12. The van der Waals surface area contributed by atoms with Gasteiger partial charge < -0.3 is 5.11 Å². The molecular weight excluding hydrogens is 284 g/mol. The highest BCUT2D eigenvalue weighted by molar-refractivity contribution is 7.19. The van der Waals surface area contributed by atoms with Crippen molar-refractivity contribution >= 4 is 27.9 Å². The molecular formula is C12H11ClN4OS. The highest BCUT2D eigenvalue weighted by Gasteiger charge is 2.16. The Bertz CT molecular complexity index is 749. The van der Waals surface area contributed by atoms with Crippen LogP contribution in [0.25, 0.3) is 15.5 Å². The van der Waals surface area contributed by atoms with Gasteiger partial charge in [0.2, 0.25) is 4.96 Å². The van der Waals surface area contributed by atoms with Gasteiger partial charge in [0.05, 0.1) is 5.02 Å². The lowest BCUT2D eigenvalue weighted by Crippen LogP contribution is -1.97. The second kappa shape index (κ2) is 4.47. The van der Waals surface area contributed by atoms with Crippen molar-refractivity contribution in [3.8, 4) is 16.3 Å². The van der Waals surface area contributed by atoms with E-state index in [1.807, 2.05) is 13.8 Å². The average molecular weight is 295 g/mol. The van der Waals surface area contributed by atoms with Crippen LogP contribution >= 0.6 is 22.9 Å². The second-order valence-corrected chi connectivity index (χ2v) is 5.84. The number of phenolic OH excluding ortho intramolecular Hbond substituents is 1. The number of hydrogen-bond acceptors (Lipinski definition) is 5. The first-order valence-corrected chi connectivity index (χ1v) is 6.96. The summed E-state index contributed by atoms with van der Waals surface area (Å²) in [6.45, 7) is 4.08. The van der Waals surface area contributed by atoms with Crippen molar-refractivity contribution in [3.05, 3.63) is 29.0 Å². The molecule has 2 aromatic heterocycles. The third-order valence-corrected chi connectivity index (χ3v) is 3.97. The summed E-state index contributed by atoms with van der Waals surface area (Å²) < 4.78 is 1.73. The number of rotatable bonds is 2. The summed E-state index contributed by atoms with van der Waals surface area (Å²) in [5.74, 6) is 1.22. The molecule has 0 aliphatic carbocycles. The van der Waals surface area contributed by atoms with Gasteiger partial charge in [-0.25, -0.2) is 0 Å². The molecule has 0 aliphatic heterocycles. The van der Waals surface area contributed by atoms with Gasteiger partial charge in [0, 0.05) is 11.5 Å². The quantitative estimate of drug-likeness (QED) is 0.787.